The first kappa shape index (κ1) is 9.64. The maximum atomic E-state index is 13.3. The summed E-state index contributed by atoms with van der Waals surface area (Å²) in [6, 6.07) is 0. The minimum absolute atomic E-state index is 0.228. The van der Waals surface area contributed by atoms with Crippen molar-refractivity contribution >= 4 is 12.6 Å². The Kier molecular flexibility index (Phi) is 3.37. The van der Waals surface area contributed by atoms with E-state index in [1.54, 1.807) is 12.3 Å². The molecule has 0 bridgehead atoms. The molecule has 1 aliphatic rings. The van der Waals surface area contributed by atoms with Crippen LogP contribution >= 0.6 is 0 Å². The average Bonchev–Trinajstić information content (AvgIpc) is 2.34. The summed E-state index contributed by atoms with van der Waals surface area (Å²) in [4.78, 5) is 3.93. The summed E-state index contributed by atoms with van der Waals surface area (Å²) in [7, 11) is 0. The molecule has 3 nitrogen and oxygen atoms in total. The number of hydrazone groups is 1. The number of likely N-dealkylation sites (N-methyl/N-ethyl adjacent to an activating group) is 1. The molecular weight excluding hydrogens is 169 g/mol. The van der Waals surface area contributed by atoms with Crippen molar-refractivity contribution < 1.29 is 4.39 Å². The third-order valence-electron chi connectivity index (χ3n) is 1.66. The Balaban J connectivity index is 2.92. The molecule has 0 amide bonds. The zero-order valence-electron chi connectivity index (χ0n) is 7.57. The molecule has 1 heterocycles. The number of nitrogens with zero attached hydrogens (tertiary/aromatic N) is 3. The van der Waals surface area contributed by atoms with E-state index in [0.29, 0.717) is 13.0 Å². The van der Waals surface area contributed by atoms with Crippen molar-refractivity contribution in [3.8, 4) is 0 Å². The van der Waals surface area contributed by atoms with Crippen LogP contribution in [0.4, 0.5) is 4.39 Å². The number of hydrogen-bond donors (Lipinski definition) is 0. The molecule has 13 heavy (non-hydrogen) atoms. The lowest BCUT2D eigenvalue weighted by atomic mass is 10.3. The summed E-state index contributed by atoms with van der Waals surface area (Å²) in [5.41, 5.74) is 0. The van der Waals surface area contributed by atoms with Gasteiger partial charge in [0.25, 0.3) is 0 Å². The summed E-state index contributed by atoms with van der Waals surface area (Å²) >= 11 is 0. The largest absolute Gasteiger partial charge is 0.246 e. The van der Waals surface area contributed by atoms with Gasteiger partial charge < -0.3 is 0 Å². The van der Waals surface area contributed by atoms with Crippen molar-refractivity contribution in [2.45, 2.75) is 13.3 Å². The Morgan fingerprint density at radius 3 is 3.15 bits per heavy atom. The predicted octanol–water partition coefficient (Wildman–Crippen LogP) is 2.09. The molecule has 4 heteroatoms. The highest BCUT2D eigenvalue weighted by atomic mass is 19.1. The van der Waals surface area contributed by atoms with Gasteiger partial charge in [0, 0.05) is 19.5 Å². The first-order valence-electron chi connectivity index (χ1n) is 4.12. The van der Waals surface area contributed by atoms with Crippen molar-refractivity contribution in [2.24, 2.45) is 10.1 Å². The van der Waals surface area contributed by atoms with Gasteiger partial charge in [-0.25, -0.2) is 14.4 Å². The maximum absolute atomic E-state index is 13.3. The van der Waals surface area contributed by atoms with Crippen LogP contribution < -0.4 is 0 Å². The molecule has 0 radical (unpaired) electrons. The molecule has 70 valence electrons. The van der Waals surface area contributed by atoms with Gasteiger partial charge >= 0.3 is 0 Å². The van der Waals surface area contributed by atoms with Gasteiger partial charge in [0.15, 0.2) is 11.7 Å². The second-order valence-corrected chi connectivity index (χ2v) is 2.48. The van der Waals surface area contributed by atoms with Crippen LogP contribution in [-0.2, 0) is 0 Å². The fourth-order valence-corrected chi connectivity index (χ4v) is 1.02. The minimum atomic E-state index is -0.348. The highest BCUT2D eigenvalue weighted by molar-refractivity contribution is 5.96. The van der Waals surface area contributed by atoms with Crippen molar-refractivity contribution in [3.05, 3.63) is 24.2 Å². The molecule has 1 aliphatic heterocycles. The van der Waals surface area contributed by atoms with Crippen LogP contribution in [0.3, 0.4) is 0 Å². The van der Waals surface area contributed by atoms with Gasteiger partial charge in [-0.3, -0.25) is 0 Å². The molecule has 0 saturated carbocycles. The normalized spacial score (nSPS) is 15.8. The standard InChI is InChI=1S/C9H12FN3/c1-3-13(11-2)9-8(10)6-4-5-7-12-9/h5-7H,2-4H2,1H3. The smallest absolute Gasteiger partial charge is 0.185 e. The van der Waals surface area contributed by atoms with E-state index in [4.69, 9.17) is 0 Å². The molecule has 0 aliphatic carbocycles. The lowest BCUT2D eigenvalue weighted by Crippen LogP contribution is -2.25. The second kappa shape index (κ2) is 4.54. The Labute approximate surface area is 77.0 Å². The lowest BCUT2D eigenvalue weighted by Gasteiger charge is -2.15. The van der Waals surface area contributed by atoms with Crippen LogP contribution in [0.1, 0.15) is 13.3 Å². The molecular formula is C9H12FN3. The number of allylic oxidation sites excluding steroid dienone is 2. The Morgan fingerprint density at radius 2 is 2.54 bits per heavy atom. The van der Waals surface area contributed by atoms with E-state index < -0.39 is 0 Å². The summed E-state index contributed by atoms with van der Waals surface area (Å²) < 4.78 is 13.3. The van der Waals surface area contributed by atoms with E-state index >= 15 is 0 Å². The number of halogens is 1. The summed E-state index contributed by atoms with van der Waals surface area (Å²) in [5, 5.41) is 5.08. The van der Waals surface area contributed by atoms with E-state index in [1.165, 1.54) is 11.1 Å². The summed E-state index contributed by atoms with van der Waals surface area (Å²) in [6.45, 7) is 5.76. The molecule has 0 unspecified atom stereocenters. The van der Waals surface area contributed by atoms with Crippen LogP contribution in [-0.4, -0.2) is 24.1 Å². The van der Waals surface area contributed by atoms with E-state index in [1.807, 2.05) is 6.92 Å². The van der Waals surface area contributed by atoms with Crippen LogP contribution in [0.15, 0.2) is 34.3 Å². The first-order chi connectivity index (χ1) is 6.29. The van der Waals surface area contributed by atoms with Gasteiger partial charge in [-0.05, 0) is 19.4 Å². The highest BCUT2D eigenvalue weighted by Gasteiger charge is 2.13. The quantitative estimate of drug-likeness (QED) is 0.473. The van der Waals surface area contributed by atoms with Gasteiger partial charge in [-0.1, -0.05) is 6.08 Å². The number of hydrogen-bond acceptors (Lipinski definition) is 3. The fourth-order valence-electron chi connectivity index (χ4n) is 1.02. The van der Waals surface area contributed by atoms with Gasteiger partial charge in [0.2, 0.25) is 0 Å². The molecule has 0 aromatic rings. The van der Waals surface area contributed by atoms with E-state index in [2.05, 4.69) is 16.8 Å². The van der Waals surface area contributed by atoms with Crippen LogP contribution in [0, 0.1) is 0 Å². The Bertz CT molecular complexity index is 279. The Morgan fingerprint density at radius 1 is 1.77 bits per heavy atom. The Hall–Kier alpha value is -1.45. The molecule has 0 aromatic carbocycles. The van der Waals surface area contributed by atoms with Gasteiger partial charge in [-0.2, -0.15) is 5.10 Å². The molecule has 0 spiro atoms. The fraction of sp³-hybridized carbons (Fsp3) is 0.333. The van der Waals surface area contributed by atoms with Crippen molar-refractivity contribution in [1.82, 2.24) is 5.01 Å². The highest BCUT2D eigenvalue weighted by Crippen LogP contribution is 2.11. The molecule has 0 fully saturated rings. The predicted molar refractivity (Wildman–Crippen MR) is 52.3 cm³/mol. The average molecular weight is 181 g/mol. The molecule has 0 N–H and O–H groups in total. The van der Waals surface area contributed by atoms with Crippen molar-refractivity contribution in [3.63, 3.8) is 0 Å². The van der Waals surface area contributed by atoms with E-state index in [9.17, 15) is 4.39 Å². The van der Waals surface area contributed by atoms with E-state index in [-0.39, 0.29) is 11.7 Å². The molecule has 1 rings (SSSR count). The minimum Gasteiger partial charge on any atom is -0.246 e. The zero-order chi connectivity index (χ0) is 9.68. The van der Waals surface area contributed by atoms with Crippen LogP contribution in [0.2, 0.25) is 0 Å². The van der Waals surface area contributed by atoms with Crippen molar-refractivity contribution in [1.29, 1.82) is 0 Å². The van der Waals surface area contributed by atoms with Crippen LogP contribution in [0.25, 0.3) is 0 Å². The zero-order valence-corrected chi connectivity index (χ0v) is 7.57. The third kappa shape index (κ3) is 2.24. The molecule has 0 saturated heterocycles. The summed E-state index contributed by atoms with van der Waals surface area (Å²) in [5.74, 6) is -0.120. The third-order valence-corrected chi connectivity index (χ3v) is 1.66. The van der Waals surface area contributed by atoms with Gasteiger partial charge in [0.05, 0.1) is 0 Å². The van der Waals surface area contributed by atoms with E-state index in [0.717, 1.165) is 0 Å². The number of aliphatic imine (C=N–C) groups is 1. The van der Waals surface area contributed by atoms with Crippen molar-refractivity contribution in [2.75, 3.05) is 6.54 Å². The van der Waals surface area contributed by atoms with Gasteiger partial charge in [-0.15, -0.1) is 0 Å². The molecule has 0 atom stereocenters. The summed E-state index contributed by atoms with van der Waals surface area (Å²) in [6.07, 6.45) is 5.39. The monoisotopic (exact) mass is 181 g/mol. The number of amidine groups is 1. The van der Waals surface area contributed by atoms with Crippen LogP contribution in [0.5, 0.6) is 0 Å². The maximum Gasteiger partial charge on any atom is 0.185 e. The topological polar surface area (TPSA) is 28.0 Å². The first-order valence-corrected chi connectivity index (χ1v) is 4.12. The molecule has 0 aromatic heterocycles. The van der Waals surface area contributed by atoms with Gasteiger partial charge in [0.1, 0.15) is 0 Å². The number of rotatable bonds is 2. The SMILES string of the molecule is C=NN(CC)C1=NC=CCC=C1F. The lowest BCUT2D eigenvalue weighted by molar-refractivity contribution is 0.460. The second-order valence-electron chi connectivity index (χ2n) is 2.48.